The van der Waals surface area contributed by atoms with Crippen LogP contribution in [0.15, 0.2) is 60.9 Å². The van der Waals surface area contributed by atoms with Crippen LogP contribution in [0.5, 0.6) is 5.75 Å². The second-order valence-corrected chi connectivity index (χ2v) is 7.17. The number of fused-ring (bicyclic) bond motifs is 1. The van der Waals surface area contributed by atoms with Gasteiger partial charge in [0, 0.05) is 24.3 Å². The lowest BCUT2D eigenvalue weighted by molar-refractivity contribution is 0.0730. The maximum absolute atomic E-state index is 13.3. The molecule has 0 aliphatic carbocycles. The number of likely N-dealkylation sites (tertiary alicyclic amines) is 1. The summed E-state index contributed by atoms with van der Waals surface area (Å²) in [6, 6.07) is 15.6. The van der Waals surface area contributed by atoms with Gasteiger partial charge in [0.2, 0.25) is 0 Å². The molecule has 0 bridgehead atoms. The first-order valence-corrected chi connectivity index (χ1v) is 9.67. The molecule has 7 nitrogen and oxygen atoms in total. The minimum atomic E-state index is -0.00559. The summed E-state index contributed by atoms with van der Waals surface area (Å²) >= 11 is 0. The molecule has 1 N–H and O–H groups in total. The van der Waals surface area contributed by atoms with E-state index < -0.39 is 0 Å². The van der Waals surface area contributed by atoms with E-state index in [4.69, 9.17) is 4.74 Å². The van der Waals surface area contributed by atoms with Crippen LogP contribution in [0.3, 0.4) is 0 Å². The van der Waals surface area contributed by atoms with Crippen LogP contribution in [-0.4, -0.2) is 44.2 Å². The van der Waals surface area contributed by atoms with Crippen molar-refractivity contribution in [3.63, 3.8) is 0 Å². The minimum Gasteiger partial charge on any atom is -0.497 e. The van der Waals surface area contributed by atoms with Crippen molar-refractivity contribution in [3.05, 3.63) is 72.2 Å². The molecule has 0 unspecified atom stereocenters. The molecule has 29 heavy (non-hydrogen) atoms. The van der Waals surface area contributed by atoms with Gasteiger partial charge in [0.25, 0.3) is 5.91 Å². The van der Waals surface area contributed by atoms with Crippen LogP contribution in [0.25, 0.3) is 16.9 Å². The molecule has 3 aromatic heterocycles. The Morgan fingerprint density at radius 1 is 1.21 bits per heavy atom. The largest absolute Gasteiger partial charge is 0.497 e. The molecule has 0 radical (unpaired) electrons. The average Bonchev–Trinajstić information content (AvgIpc) is 3.52. The van der Waals surface area contributed by atoms with E-state index in [2.05, 4.69) is 21.1 Å². The first kappa shape index (κ1) is 17.5. The van der Waals surface area contributed by atoms with Crippen molar-refractivity contribution >= 4 is 16.9 Å². The molecule has 0 saturated carbocycles. The molecule has 1 atom stereocenters. The Kier molecular flexibility index (Phi) is 4.27. The highest BCUT2D eigenvalue weighted by Crippen LogP contribution is 2.34. The number of nitrogens with one attached hydrogen (secondary N) is 1. The van der Waals surface area contributed by atoms with E-state index in [0.29, 0.717) is 17.2 Å². The van der Waals surface area contributed by atoms with E-state index in [0.717, 1.165) is 36.1 Å². The third-order valence-corrected chi connectivity index (χ3v) is 5.43. The van der Waals surface area contributed by atoms with E-state index in [1.54, 1.807) is 18.0 Å². The number of H-pyrrole nitrogens is 1. The van der Waals surface area contributed by atoms with Gasteiger partial charge in [-0.3, -0.25) is 4.79 Å². The zero-order valence-electron chi connectivity index (χ0n) is 16.1. The Morgan fingerprint density at radius 2 is 2.14 bits per heavy atom. The lowest BCUT2D eigenvalue weighted by Gasteiger charge is -2.25. The number of pyridine rings is 1. The number of nitrogens with zero attached hydrogens (tertiary/aromatic N) is 4. The number of rotatable bonds is 4. The van der Waals surface area contributed by atoms with Crippen LogP contribution >= 0.6 is 0 Å². The van der Waals surface area contributed by atoms with Crippen molar-refractivity contribution in [2.75, 3.05) is 13.7 Å². The van der Waals surface area contributed by atoms with E-state index in [1.807, 2.05) is 53.6 Å². The topological polar surface area (TPSA) is 76.0 Å². The number of carbonyl (C=O) groups is 1. The fourth-order valence-electron chi connectivity index (χ4n) is 4.00. The number of ether oxygens (including phenoxy) is 1. The molecule has 1 aliphatic rings. The van der Waals surface area contributed by atoms with Gasteiger partial charge in [-0.2, -0.15) is 5.10 Å². The van der Waals surface area contributed by atoms with Gasteiger partial charge < -0.3 is 14.6 Å². The van der Waals surface area contributed by atoms with Crippen LogP contribution in [0.2, 0.25) is 0 Å². The first-order chi connectivity index (χ1) is 14.2. The van der Waals surface area contributed by atoms with E-state index in [1.165, 1.54) is 0 Å². The molecule has 1 aromatic carbocycles. The van der Waals surface area contributed by atoms with Gasteiger partial charge in [-0.25, -0.2) is 9.67 Å². The third kappa shape index (κ3) is 3.14. The Hall–Kier alpha value is -3.61. The molecule has 1 saturated heterocycles. The molecule has 1 amide bonds. The molecular formula is C22H21N5O2. The molecule has 146 valence electrons. The fourth-order valence-corrected chi connectivity index (χ4v) is 4.00. The molecule has 4 aromatic rings. The lowest BCUT2D eigenvalue weighted by atomic mass is 10.0. The summed E-state index contributed by atoms with van der Waals surface area (Å²) in [5.74, 6) is 1.51. The normalized spacial score (nSPS) is 16.4. The van der Waals surface area contributed by atoms with Gasteiger partial charge in [0.15, 0.2) is 5.82 Å². The summed E-state index contributed by atoms with van der Waals surface area (Å²) in [4.78, 5) is 23.0. The van der Waals surface area contributed by atoms with Crippen molar-refractivity contribution in [3.8, 4) is 11.6 Å². The standard InChI is InChI=1S/C22H21N5O2/c1-29-17-6-2-5-15(13-17)19-7-3-11-26(19)22(28)18-14-16-8-9-20(25-21(16)24-18)27-12-4-10-23-27/h2,4-6,8-10,12-14,19H,3,7,11H2,1H3,(H,24,25)/t19-/m1/s1. The van der Waals surface area contributed by atoms with Crippen molar-refractivity contribution in [2.45, 2.75) is 18.9 Å². The van der Waals surface area contributed by atoms with Crippen LogP contribution < -0.4 is 4.74 Å². The number of methoxy groups -OCH3 is 1. The lowest BCUT2D eigenvalue weighted by Crippen LogP contribution is -2.30. The summed E-state index contributed by atoms with van der Waals surface area (Å²) < 4.78 is 7.05. The van der Waals surface area contributed by atoms with Gasteiger partial charge in [-0.1, -0.05) is 12.1 Å². The number of benzene rings is 1. The van der Waals surface area contributed by atoms with Gasteiger partial charge in [-0.15, -0.1) is 0 Å². The number of hydrogen-bond donors (Lipinski definition) is 1. The number of carbonyl (C=O) groups excluding carboxylic acids is 1. The van der Waals surface area contributed by atoms with E-state index in [-0.39, 0.29) is 11.9 Å². The quantitative estimate of drug-likeness (QED) is 0.579. The smallest absolute Gasteiger partial charge is 0.270 e. The predicted molar refractivity (Wildman–Crippen MR) is 109 cm³/mol. The minimum absolute atomic E-state index is 0.00559. The summed E-state index contributed by atoms with van der Waals surface area (Å²) in [7, 11) is 1.66. The van der Waals surface area contributed by atoms with Gasteiger partial charge in [0.1, 0.15) is 17.1 Å². The number of aromatic amines is 1. The molecular weight excluding hydrogens is 366 g/mol. The molecule has 7 heteroatoms. The highest BCUT2D eigenvalue weighted by atomic mass is 16.5. The number of amides is 1. The van der Waals surface area contributed by atoms with Crippen LogP contribution in [0.4, 0.5) is 0 Å². The molecule has 1 aliphatic heterocycles. The Balaban J connectivity index is 1.45. The SMILES string of the molecule is COc1cccc([C@H]2CCCN2C(=O)c2cc3ccc(-n4cccn4)nc3[nH]2)c1. The maximum Gasteiger partial charge on any atom is 0.270 e. The van der Waals surface area contributed by atoms with Crippen LogP contribution in [0, 0.1) is 0 Å². The van der Waals surface area contributed by atoms with Crippen LogP contribution in [0.1, 0.15) is 34.9 Å². The number of aromatic nitrogens is 4. The Bertz CT molecular complexity index is 1170. The fraction of sp³-hybridized carbons (Fsp3) is 0.227. The highest BCUT2D eigenvalue weighted by molar-refractivity contribution is 5.97. The van der Waals surface area contributed by atoms with Crippen molar-refractivity contribution < 1.29 is 9.53 Å². The molecule has 0 spiro atoms. The monoisotopic (exact) mass is 387 g/mol. The van der Waals surface area contributed by atoms with Gasteiger partial charge in [0.05, 0.1) is 13.2 Å². The van der Waals surface area contributed by atoms with E-state index >= 15 is 0 Å². The number of hydrogen-bond acceptors (Lipinski definition) is 4. The zero-order valence-corrected chi connectivity index (χ0v) is 16.1. The maximum atomic E-state index is 13.3. The summed E-state index contributed by atoms with van der Waals surface area (Å²) in [5.41, 5.74) is 2.34. The highest BCUT2D eigenvalue weighted by Gasteiger charge is 2.31. The molecule has 5 rings (SSSR count). The molecule has 1 fully saturated rings. The van der Waals surface area contributed by atoms with Gasteiger partial charge in [-0.05, 0) is 54.8 Å². The average molecular weight is 387 g/mol. The second kappa shape index (κ2) is 7.09. The van der Waals surface area contributed by atoms with Crippen LogP contribution in [-0.2, 0) is 0 Å². The third-order valence-electron chi connectivity index (χ3n) is 5.43. The van der Waals surface area contributed by atoms with Crippen molar-refractivity contribution in [1.82, 2.24) is 24.6 Å². The summed E-state index contributed by atoms with van der Waals surface area (Å²) in [6.45, 7) is 0.738. The predicted octanol–water partition coefficient (Wildman–Crippen LogP) is 3.73. The summed E-state index contributed by atoms with van der Waals surface area (Å²) in [6.07, 6.45) is 5.48. The zero-order chi connectivity index (χ0) is 19.8. The summed E-state index contributed by atoms with van der Waals surface area (Å²) in [5, 5.41) is 5.11. The van der Waals surface area contributed by atoms with E-state index in [9.17, 15) is 4.79 Å². The van der Waals surface area contributed by atoms with Crippen molar-refractivity contribution in [2.24, 2.45) is 0 Å². The first-order valence-electron chi connectivity index (χ1n) is 9.67. The Morgan fingerprint density at radius 3 is 2.97 bits per heavy atom. The molecule has 4 heterocycles. The second-order valence-electron chi connectivity index (χ2n) is 7.17. The Labute approximate surface area is 167 Å². The van der Waals surface area contributed by atoms with Crippen molar-refractivity contribution in [1.29, 1.82) is 0 Å². The van der Waals surface area contributed by atoms with Gasteiger partial charge >= 0.3 is 0 Å².